The summed E-state index contributed by atoms with van der Waals surface area (Å²) in [5.41, 5.74) is 0.0566. The number of benzene rings is 2. The van der Waals surface area contributed by atoms with Crippen LogP contribution in [0.3, 0.4) is 0 Å². The topological polar surface area (TPSA) is 73.9 Å². The van der Waals surface area contributed by atoms with Crippen LogP contribution in [0.4, 0.5) is 5.69 Å². The Hall–Kier alpha value is -2.03. The van der Waals surface area contributed by atoms with Gasteiger partial charge in [0.15, 0.2) is 0 Å². The molecule has 0 aliphatic carbocycles. The minimum atomic E-state index is -3.85. The molecule has 8 heteroatoms. The lowest BCUT2D eigenvalue weighted by atomic mass is 9.79. The van der Waals surface area contributed by atoms with Crippen LogP contribution >= 0.6 is 0 Å². The molecule has 1 N–H and O–H groups in total. The predicted octanol–water partition coefficient (Wildman–Crippen LogP) is 2.80. The second-order valence-corrected chi connectivity index (χ2v) is 9.12. The normalized spacial score (nSPS) is 18.3. The maximum absolute atomic E-state index is 12.9. The molecule has 6 nitrogen and oxygen atoms in total. The molecule has 0 bridgehead atoms. The second kappa shape index (κ2) is 6.85. The van der Waals surface area contributed by atoms with Gasteiger partial charge in [-0.05, 0) is 57.4 Å². The van der Waals surface area contributed by atoms with Gasteiger partial charge in [0, 0.05) is 5.69 Å². The molecule has 0 unspecified atom stereocenters. The molecule has 144 valence electrons. The SMILES string of the molecule is COc1ccc(B2OC(C)(C)C(C)(C)O2)cc1S(=O)(=O)Nc1ccccc1. The smallest absolute Gasteiger partial charge is 0.494 e. The molecule has 1 heterocycles. The van der Waals surface area contributed by atoms with Crippen molar-refractivity contribution in [1.82, 2.24) is 0 Å². The Balaban J connectivity index is 1.98. The van der Waals surface area contributed by atoms with E-state index in [-0.39, 0.29) is 10.6 Å². The van der Waals surface area contributed by atoms with Crippen molar-refractivity contribution in [2.45, 2.75) is 43.8 Å². The molecular formula is C19H24BNO5S. The molecule has 1 fully saturated rings. The summed E-state index contributed by atoms with van der Waals surface area (Å²) < 4.78 is 45.8. The summed E-state index contributed by atoms with van der Waals surface area (Å²) in [6.07, 6.45) is 0. The van der Waals surface area contributed by atoms with E-state index >= 15 is 0 Å². The lowest BCUT2D eigenvalue weighted by Gasteiger charge is -2.32. The van der Waals surface area contributed by atoms with E-state index in [1.54, 1.807) is 36.4 Å². The van der Waals surface area contributed by atoms with Crippen LogP contribution in [0.15, 0.2) is 53.4 Å². The molecule has 0 amide bonds. The Morgan fingerprint density at radius 2 is 1.56 bits per heavy atom. The Morgan fingerprint density at radius 3 is 2.11 bits per heavy atom. The van der Waals surface area contributed by atoms with Gasteiger partial charge in [0.1, 0.15) is 10.6 Å². The van der Waals surface area contributed by atoms with Crippen LogP contribution in [0.1, 0.15) is 27.7 Å². The summed E-state index contributed by atoms with van der Waals surface area (Å²) in [5.74, 6) is 0.249. The number of anilines is 1. The monoisotopic (exact) mass is 389 g/mol. The van der Waals surface area contributed by atoms with Crippen molar-refractivity contribution in [1.29, 1.82) is 0 Å². The maximum atomic E-state index is 12.9. The average Bonchev–Trinajstić information content (AvgIpc) is 2.82. The van der Waals surface area contributed by atoms with Gasteiger partial charge in [-0.25, -0.2) is 8.42 Å². The van der Waals surface area contributed by atoms with Gasteiger partial charge in [0.2, 0.25) is 0 Å². The fourth-order valence-corrected chi connectivity index (χ4v) is 4.01. The highest BCUT2D eigenvalue weighted by atomic mass is 32.2. The summed E-state index contributed by atoms with van der Waals surface area (Å²) in [4.78, 5) is 0.0288. The summed E-state index contributed by atoms with van der Waals surface area (Å²) in [7, 11) is -3.08. The number of ether oxygens (including phenoxy) is 1. The molecule has 1 aliphatic rings. The standard InChI is InChI=1S/C19H24BNO5S/c1-18(2)19(3,4)26-20(25-18)14-11-12-16(24-5)17(13-14)27(22,23)21-15-9-7-6-8-10-15/h6-13,21H,1-5H3. The zero-order chi connectivity index (χ0) is 19.9. The fourth-order valence-electron chi connectivity index (χ4n) is 2.75. The van der Waals surface area contributed by atoms with Crippen molar-refractivity contribution in [2.24, 2.45) is 0 Å². The highest BCUT2D eigenvalue weighted by Crippen LogP contribution is 2.37. The number of methoxy groups -OCH3 is 1. The van der Waals surface area contributed by atoms with Gasteiger partial charge in [0.05, 0.1) is 18.3 Å². The van der Waals surface area contributed by atoms with Gasteiger partial charge >= 0.3 is 7.12 Å². The summed E-state index contributed by atoms with van der Waals surface area (Å²) >= 11 is 0. The third-order valence-corrected chi connectivity index (χ3v) is 6.43. The van der Waals surface area contributed by atoms with Gasteiger partial charge in [-0.15, -0.1) is 0 Å². The molecule has 0 saturated carbocycles. The number of para-hydroxylation sites is 1. The first kappa shape index (κ1) is 19.7. The predicted molar refractivity (Wildman–Crippen MR) is 106 cm³/mol. The molecule has 1 aliphatic heterocycles. The maximum Gasteiger partial charge on any atom is 0.494 e. The first-order valence-corrected chi connectivity index (χ1v) is 10.2. The largest absolute Gasteiger partial charge is 0.495 e. The Bertz CT molecular complexity index is 912. The van der Waals surface area contributed by atoms with Crippen LogP contribution in [0.2, 0.25) is 0 Å². The first-order valence-electron chi connectivity index (χ1n) is 8.67. The van der Waals surface area contributed by atoms with E-state index in [2.05, 4.69) is 4.72 Å². The van der Waals surface area contributed by atoms with Crippen LogP contribution in [-0.4, -0.2) is 33.8 Å². The van der Waals surface area contributed by atoms with Gasteiger partial charge in [-0.2, -0.15) is 0 Å². The van der Waals surface area contributed by atoms with Crippen LogP contribution in [0.25, 0.3) is 0 Å². The first-order chi connectivity index (χ1) is 12.6. The third-order valence-electron chi connectivity index (χ3n) is 5.03. The van der Waals surface area contributed by atoms with Gasteiger partial charge in [0.25, 0.3) is 10.0 Å². The van der Waals surface area contributed by atoms with E-state index in [0.717, 1.165) is 0 Å². The van der Waals surface area contributed by atoms with Crippen molar-refractivity contribution in [2.75, 3.05) is 11.8 Å². The highest BCUT2D eigenvalue weighted by Gasteiger charge is 2.51. The van der Waals surface area contributed by atoms with Gasteiger partial charge in [-0.3, -0.25) is 4.72 Å². The molecule has 1 saturated heterocycles. The number of rotatable bonds is 5. The lowest BCUT2D eigenvalue weighted by Crippen LogP contribution is -2.41. The van der Waals surface area contributed by atoms with Crippen LogP contribution in [-0.2, 0) is 19.3 Å². The molecule has 3 rings (SSSR count). The number of sulfonamides is 1. The Morgan fingerprint density at radius 1 is 0.963 bits per heavy atom. The van der Waals surface area contributed by atoms with E-state index in [1.165, 1.54) is 13.2 Å². The van der Waals surface area contributed by atoms with Crippen molar-refractivity contribution < 1.29 is 22.5 Å². The van der Waals surface area contributed by atoms with Crippen molar-refractivity contribution in [3.8, 4) is 5.75 Å². The Labute approximate surface area is 161 Å². The minimum Gasteiger partial charge on any atom is -0.495 e. The number of hydrogen-bond donors (Lipinski definition) is 1. The number of nitrogens with one attached hydrogen (secondary N) is 1. The fraction of sp³-hybridized carbons (Fsp3) is 0.368. The second-order valence-electron chi connectivity index (χ2n) is 7.47. The molecular weight excluding hydrogens is 365 g/mol. The Kier molecular flexibility index (Phi) is 5.01. The van der Waals surface area contributed by atoms with Gasteiger partial charge < -0.3 is 14.0 Å². The molecule has 0 spiro atoms. The van der Waals surface area contributed by atoms with E-state index < -0.39 is 28.3 Å². The molecule has 2 aromatic carbocycles. The average molecular weight is 389 g/mol. The lowest BCUT2D eigenvalue weighted by molar-refractivity contribution is 0.00578. The summed E-state index contributed by atoms with van der Waals surface area (Å²) in [6, 6.07) is 13.6. The van der Waals surface area contributed by atoms with E-state index in [1.807, 2.05) is 33.8 Å². The van der Waals surface area contributed by atoms with Crippen LogP contribution in [0, 0.1) is 0 Å². The molecule has 2 aromatic rings. The van der Waals surface area contributed by atoms with E-state index in [4.69, 9.17) is 14.0 Å². The molecule has 0 aromatic heterocycles. The zero-order valence-electron chi connectivity index (χ0n) is 16.1. The van der Waals surface area contributed by atoms with E-state index in [9.17, 15) is 8.42 Å². The quantitative estimate of drug-likeness (QED) is 0.797. The van der Waals surface area contributed by atoms with Crippen LogP contribution < -0.4 is 14.9 Å². The van der Waals surface area contributed by atoms with Gasteiger partial charge in [-0.1, -0.05) is 24.3 Å². The molecule has 0 radical (unpaired) electrons. The molecule has 0 atom stereocenters. The zero-order valence-corrected chi connectivity index (χ0v) is 17.0. The summed E-state index contributed by atoms with van der Waals surface area (Å²) in [6.45, 7) is 7.80. The van der Waals surface area contributed by atoms with Crippen molar-refractivity contribution >= 4 is 28.3 Å². The third kappa shape index (κ3) is 3.83. The molecule has 27 heavy (non-hydrogen) atoms. The van der Waals surface area contributed by atoms with E-state index in [0.29, 0.717) is 11.2 Å². The van der Waals surface area contributed by atoms with Crippen molar-refractivity contribution in [3.63, 3.8) is 0 Å². The minimum absolute atomic E-state index is 0.0288. The highest BCUT2D eigenvalue weighted by molar-refractivity contribution is 7.92. The summed E-state index contributed by atoms with van der Waals surface area (Å²) in [5, 5.41) is 0. The van der Waals surface area contributed by atoms with Crippen LogP contribution in [0.5, 0.6) is 5.75 Å². The number of hydrogen-bond acceptors (Lipinski definition) is 5. The van der Waals surface area contributed by atoms with Crippen molar-refractivity contribution in [3.05, 3.63) is 48.5 Å².